The van der Waals surface area contributed by atoms with Gasteiger partial charge in [-0.3, -0.25) is 4.99 Å². The molecule has 0 unspecified atom stereocenters. The summed E-state index contributed by atoms with van der Waals surface area (Å²) in [6.07, 6.45) is 2.20. The van der Waals surface area contributed by atoms with Crippen LogP contribution in [0.15, 0.2) is 4.99 Å². The van der Waals surface area contributed by atoms with E-state index in [1.807, 2.05) is 6.92 Å². The van der Waals surface area contributed by atoms with Crippen LogP contribution >= 0.6 is 0 Å². The zero-order chi connectivity index (χ0) is 17.3. The third kappa shape index (κ3) is 7.99. The Morgan fingerprint density at radius 1 is 1.26 bits per heavy atom. The van der Waals surface area contributed by atoms with E-state index in [1.54, 1.807) is 6.92 Å². The van der Waals surface area contributed by atoms with Crippen LogP contribution < -0.4 is 15.4 Å². The van der Waals surface area contributed by atoms with Crippen molar-refractivity contribution in [2.24, 2.45) is 4.99 Å². The van der Waals surface area contributed by atoms with E-state index in [1.165, 1.54) is 0 Å². The molecule has 136 valence electrons. The standard InChI is InChI=1S/C15H33N5O2S/c1-5-16-15(17-9-10-18-23(21,22)6-2)19-14-7-11-20(12-8-14)13(3)4/h13-14,18H,5-12H2,1-4H3,(H2,16,17,19). The van der Waals surface area contributed by atoms with Crippen molar-refractivity contribution >= 4 is 16.0 Å². The zero-order valence-corrected chi connectivity index (χ0v) is 15.7. The first-order valence-electron chi connectivity index (χ1n) is 8.64. The van der Waals surface area contributed by atoms with Crippen molar-refractivity contribution in [2.45, 2.75) is 52.6 Å². The first-order chi connectivity index (χ1) is 10.9. The third-order valence-corrected chi connectivity index (χ3v) is 5.43. The van der Waals surface area contributed by atoms with Gasteiger partial charge in [-0.1, -0.05) is 0 Å². The van der Waals surface area contributed by atoms with Crippen molar-refractivity contribution in [3.63, 3.8) is 0 Å². The number of hydrogen-bond acceptors (Lipinski definition) is 4. The van der Waals surface area contributed by atoms with Gasteiger partial charge in [0.25, 0.3) is 0 Å². The summed E-state index contributed by atoms with van der Waals surface area (Å²) < 4.78 is 25.3. The van der Waals surface area contributed by atoms with Crippen LogP contribution in [0.2, 0.25) is 0 Å². The number of guanidine groups is 1. The van der Waals surface area contributed by atoms with E-state index in [9.17, 15) is 8.42 Å². The van der Waals surface area contributed by atoms with E-state index >= 15 is 0 Å². The van der Waals surface area contributed by atoms with Crippen LogP contribution in [0.1, 0.15) is 40.5 Å². The van der Waals surface area contributed by atoms with Crippen LogP contribution in [0, 0.1) is 0 Å². The van der Waals surface area contributed by atoms with E-state index in [2.05, 4.69) is 39.1 Å². The Balaban J connectivity index is 2.41. The molecule has 1 rings (SSSR count). The van der Waals surface area contributed by atoms with Gasteiger partial charge in [0, 0.05) is 38.3 Å². The first-order valence-corrected chi connectivity index (χ1v) is 10.3. The summed E-state index contributed by atoms with van der Waals surface area (Å²) in [5.41, 5.74) is 0. The molecule has 0 amide bonds. The number of likely N-dealkylation sites (tertiary alicyclic amines) is 1. The molecule has 0 radical (unpaired) electrons. The minimum absolute atomic E-state index is 0.101. The summed E-state index contributed by atoms with van der Waals surface area (Å²) in [5, 5.41) is 6.69. The van der Waals surface area contributed by atoms with Gasteiger partial charge in [-0.05, 0) is 40.5 Å². The first kappa shape index (κ1) is 20.2. The second kappa shape index (κ2) is 10.1. The lowest BCUT2D eigenvalue weighted by molar-refractivity contribution is 0.167. The van der Waals surface area contributed by atoms with Gasteiger partial charge in [-0.25, -0.2) is 13.1 Å². The van der Waals surface area contributed by atoms with Crippen molar-refractivity contribution in [3.8, 4) is 0 Å². The van der Waals surface area contributed by atoms with Gasteiger partial charge in [0.15, 0.2) is 5.96 Å². The molecular formula is C15H33N5O2S. The largest absolute Gasteiger partial charge is 0.357 e. The number of sulfonamides is 1. The second-order valence-corrected chi connectivity index (χ2v) is 8.20. The highest BCUT2D eigenvalue weighted by atomic mass is 32.2. The van der Waals surface area contributed by atoms with E-state index in [4.69, 9.17) is 0 Å². The molecule has 0 aromatic rings. The quantitative estimate of drug-likeness (QED) is 0.335. The van der Waals surface area contributed by atoms with Crippen LogP contribution in [0.5, 0.6) is 0 Å². The fraction of sp³-hybridized carbons (Fsp3) is 0.933. The molecular weight excluding hydrogens is 314 g/mol. The third-order valence-electron chi connectivity index (χ3n) is 4.03. The molecule has 0 aliphatic carbocycles. The molecule has 8 heteroatoms. The van der Waals surface area contributed by atoms with Crippen LogP contribution in [-0.4, -0.2) is 69.8 Å². The average Bonchev–Trinajstić information content (AvgIpc) is 2.52. The molecule has 0 aromatic heterocycles. The minimum Gasteiger partial charge on any atom is -0.357 e. The maximum absolute atomic E-state index is 11.4. The van der Waals surface area contributed by atoms with Gasteiger partial charge in [-0.15, -0.1) is 0 Å². The van der Waals surface area contributed by atoms with Gasteiger partial charge in [0.1, 0.15) is 0 Å². The molecule has 1 saturated heterocycles. The van der Waals surface area contributed by atoms with Crippen molar-refractivity contribution in [1.82, 2.24) is 20.3 Å². The van der Waals surface area contributed by atoms with Crippen LogP contribution in [0.4, 0.5) is 0 Å². The average molecular weight is 348 g/mol. The van der Waals surface area contributed by atoms with Crippen molar-refractivity contribution in [3.05, 3.63) is 0 Å². The van der Waals surface area contributed by atoms with E-state index in [0.29, 0.717) is 25.2 Å². The topological polar surface area (TPSA) is 85.8 Å². The zero-order valence-electron chi connectivity index (χ0n) is 14.9. The van der Waals surface area contributed by atoms with Crippen molar-refractivity contribution in [1.29, 1.82) is 0 Å². The number of aliphatic imine (C=N–C) groups is 1. The Kier molecular flexibility index (Phi) is 8.86. The summed E-state index contributed by atoms with van der Waals surface area (Å²) in [7, 11) is -3.14. The Morgan fingerprint density at radius 3 is 2.43 bits per heavy atom. The van der Waals surface area contributed by atoms with E-state index in [0.717, 1.165) is 38.4 Å². The summed E-state index contributed by atoms with van der Waals surface area (Å²) in [6, 6.07) is 1.03. The molecule has 0 saturated carbocycles. The summed E-state index contributed by atoms with van der Waals surface area (Å²) in [6.45, 7) is 11.9. The molecule has 7 nitrogen and oxygen atoms in total. The molecule has 1 fully saturated rings. The Labute approximate surface area is 141 Å². The number of rotatable bonds is 8. The molecule has 0 aromatic carbocycles. The molecule has 0 spiro atoms. The van der Waals surface area contributed by atoms with Crippen LogP contribution in [0.3, 0.4) is 0 Å². The Morgan fingerprint density at radius 2 is 1.91 bits per heavy atom. The lowest BCUT2D eigenvalue weighted by atomic mass is 10.0. The van der Waals surface area contributed by atoms with Crippen molar-refractivity contribution < 1.29 is 8.42 Å². The fourth-order valence-electron chi connectivity index (χ4n) is 2.54. The second-order valence-electron chi connectivity index (χ2n) is 6.11. The number of nitrogens with one attached hydrogen (secondary N) is 3. The summed E-state index contributed by atoms with van der Waals surface area (Å²) >= 11 is 0. The van der Waals surface area contributed by atoms with Gasteiger partial charge in [0.2, 0.25) is 10.0 Å². The van der Waals surface area contributed by atoms with Gasteiger partial charge >= 0.3 is 0 Å². The lowest BCUT2D eigenvalue weighted by Crippen LogP contribution is -2.50. The van der Waals surface area contributed by atoms with Gasteiger partial charge in [0.05, 0.1) is 12.3 Å². The predicted molar refractivity (Wildman–Crippen MR) is 96.3 cm³/mol. The number of nitrogens with zero attached hydrogens (tertiary/aromatic N) is 2. The van der Waals surface area contributed by atoms with Gasteiger partial charge in [-0.2, -0.15) is 0 Å². The molecule has 0 atom stereocenters. The van der Waals surface area contributed by atoms with Crippen molar-refractivity contribution in [2.75, 3.05) is 38.5 Å². The highest BCUT2D eigenvalue weighted by molar-refractivity contribution is 7.89. The monoisotopic (exact) mass is 347 g/mol. The van der Waals surface area contributed by atoms with Crippen LogP contribution in [0.25, 0.3) is 0 Å². The highest BCUT2D eigenvalue weighted by Gasteiger charge is 2.21. The Bertz CT molecular complexity index is 456. The normalized spacial score (nSPS) is 18.4. The molecule has 23 heavy (non-hydrogen) atoms. The molecule has 0 bridgehead atoms. The van der Waals surface area contributed by atoms with E-state index < -0.39 is 10.0 Å². The minimum atomic E-state index is -3.14. The predicted octanol–water partition coefficient (Wildman–Crippen LogP) is 0.354. The highest BCUT2D eigenvalue weighted by Crippen LogP contribution is 2.12. The SMILES string of the molecule is CCNC(=NCCNS(=O)(=O)CC)NC1CCN(C(C)C)CC1. The summed E-state index contributed by atoms with van der Waals surface area (Å²) in [5.74, 6) is 0.870. The molecule has 1 aliphatic rings. The fourth-order valence-corrected chi connectivity index (χ4v) is 3.15. The molecule has 1 aliphatic heterocycles. The van der Waals surface area contributed by atoms with Gasteiger partial charge < -0.3 is 15.5 Å². The Hall–Kier alpha value is -0.860. The smallest absolute Gasteiger partial charge is 0.211 e. The maximum Gasteiger partial charge on any atom is 0.211 e. The number of hydrogen-bond donors (Lipinski definition) is 3. The number of piperidine rings is 1. The lowest BCUT2D eigenvalue weighted by Gasteiger charge is -2.35. The molecule has 1 heterocycles. The maximum atomic E-state index is 11.4. The van der Waals surface area contributed by atoms with E-state index in [-0.39, 0.29) is 5.75 Å². The molecule has 3 N–H and O–H groups in total. The van der Waals surface area contributed by atoms with Crippen LogP contribution in [-0.2, 0) is 10.0 Å². The summed E-state index contributed by atoms with van der Waals surface area (Å²) in [4.78, 5) is 6.94.